The number of nitrogens with one attached hydrogen (secondary N) is 3. The number of thiophene rings is 1. The van der Waals surface area contributed by atoms with Gasteiger partial charge in [-0.25, -0.2) is 4.79 Å². The predicted octanol–water partition coefficient (Wildman–Crippen LogP) is 3.43. The van der Waals surface area contributed by atoms with Gasteiger partial charge in [0.05, 0.1) is 5.56 Å². The second kappa shape index (κ2) is 8.53. The van der Waals surface area contributed by atoms with Crippen LogP contribution in [0.15, 0.2) is 30.3 Å². The SMILES string of the molecule is NC(=O)Nc1sc(-c2ccc(Cl)cc2)cc1C(=O)N[C@H]1CCCCNC1. The maximum absolute atomic E-state index is 12.8. The number of anilines is 1. The fraction of sp³-hybridized carbons (Fsp3) is 0.333. The summed E-state index contributed by atoms with van der Waals surface area (Å²) in [4.78, 5) is 25.0. The summed E-state index contributed by atoms with van der Waals surface area (Å²) in [5.74, 6) is -0.209. The van der Waals surface area contributed by atoms with Crippen LogP contribution < -0.4 is 21.7 Å². The average Bonchev–Trinajstić information content (AvgIpc) is 2.84. The number of hydrogen-bond acceptors (Lipinski definition) is 4. The van der Waals surface area contributed by atoms with E-state index >= 15 is 0 Å². The number of amides is 3. The second-order valence-electron chi connectivity index (χ2n) is 6.22. The van der Waals surface area contributed by atoms with Gasteiger partial charge in [0, 0.05) is 22.5 Å². The number of nitrogens with two attached hydrogens (primary N) is 1. The van der Waals surface area contributed by atoms with E-state index in [9.17, 15) is 9.59 Å². The molecule has 3 rings (SSSR count). The summed E-state index contributed by atoms with van der Waals surface area (Å²) in [6.45, 7) is 1.72. The van der Waals surface area contributed by atoms with Crippen LogP contribution in [0.5, 0.6) is 0 Å². The summed E-state index contributed by atoms with van der Waals surface area (Å²) in [5, 5.41) is 10.0. The number of urea groups is 1. The van der Waals surface area contributed by atoms with E-state index in [1.807, 2.05) is 12.1 Å². The van der Waals surface area contributed by atoms with Crippen molar-refractivity contribution in [2.45, 2.75) is 25.3 Å². The summed E-state index contributed by atoms with van der Waals surface area (Å²) >= 11 is 7.25. The molecule has 0 spiro atoms. The first kappa shape index (κ1) is 18.7. The number of halogens is 1. The van der Waals surface area contributed by atoms with Gasteiger partial charge in [-0.3, -0.25) is 10.1 Å². The van der Waals surface area contributed by atoms with Gasteiger partial charge in [0.2, 0.25) is 0 Å². The molecule has 6 nitrogen and oxygen atoms in total. The summed E-state index contributed by atoms with van der Waals surface area (Å²) < 4.78 is 0. The summed E-state index contributed by atoms with van der Waals surface area (Å²) in [6.07, 6.45) is 3.12. The first-order chi connectivity index (χ1) is 12.5. The van der Waals surface area contributed by atoms with Gasteiger partial charge < -0.3 is 16.4 Å². The standard InChI is InChI=1S/C18H21ClN4O2S/c19-12-6-4-11(5-7-12)15-9-14(17(26-15)23-18(20)25)16(24)22-13-3-1-2-8-21-10-13/h4-7,9,13,21H,1-3,8,10H2,(H,22,24)(H3,20,23,25)/t13-/m0/s1. The molecule has 0 saturated carbocycles. The van der Waals surface area contributed by atoms with Crippen LogP contribution in [0.1, 0.15) is 29.6 Å². The van der Waals surface area contributed by atoms with E-state index in [2.05, 4.69) is 16.0 Å². The molecule has 1 aromatic heterocycles. The van der Waals surface area contributed by atoms with Crippen LogP contribution in [-0.2, 0) is 0 Å². The first-order valence-electron chi connectivity index (χ1n) is 8.51. The molecule has 1 atom stereocenters. The fourth-order valence-corrected chi connectivity index (χ4v) is 4.12. The van der Waals surface area contributed by atoms with E-state index in [0.717, 1.165) is 42.8 Å². The molecule has 0 unspecified atom stereocenters. The molecule has 0 radical (unpaired) electrons. The lowest BCUT2D eigenvalue weighted by Crippen LogP contribution is -2.41. The smallest absolute Gasteiger partial charge is 0.317 e. The monoisotopic (exact) mass is 392 g/mol. The Balaban J connectivity index is 1.84. The lowest BCUT2D eigenvalue weighted by atomic mass is 10.1. The lowest BCUT2D eigenvalue weighted by Gasteiger charge is -2.16. The van der Waals surface area contributed by atoms with Gasteiger partial charge in [0.1, 0.15) is 5.00 Å². The summed E-state index contributed by atoms with van der Waals surface area (Å²) in [5.41, 5.74) is 6.60. The molecule has 8 heteroatoms. The van der Waals surface area contributed by atoms with E-state index in [1.165, 1.54) is 11.3 Å². The van der Waals surface area contributed by atoms with E-state index in [1.54, 1.807) is 18.2 Å². The van der Waals surface area contributed by atoms with E-state index in [4.69, 9.17) is 17.3 Å². The molecule has 2 heterocycles. The minimum atomic E-state index is -0.695. The lowest BCUT2D eigenvalue weighted by molar-refractivity contribution is 0.0937. The first-order valence-corrected chi connectivity index (χ1v) is 9.70. The molecule has 3 amide bonds. The van der Waals surface area contributed by atoms with Crippen molar-refractivity contribution in [2.24, 2.45) is 5.73 Å². The van der Waals surface area contributed by atoms with Crippen molar-refractivity contribution in [2.75, 3.05) is 18.4 Å². The molecular weight excluding hydrogens is 372 g/mol. The Morgan fingerprint density at radius 3 is 2.73 bits per heavy atom. The Kier molecular flexibility index (Phi) is 6.13. The van der Waals surface area contributed by atoms with Crippen molar-refractivity contribution >= 4 is 39.9 Å². The Labute approximate surface area is 161 Å². The molecule has 1 aromatic carbocycles. The summed E-state index contributed by atoms with van der Waals surface area (Å²) in [6, 6.07) is 8.48. The molecule has 0 aliphatic carbocycles. The molecule has 0 bridgehead atoms. The number of primary amides is 1. The number of carbonyl (C=O) groups excluding carboxylic acids is 2. The van der Waals surface area contributed by atoms with Gasteiger partial charge in [-0.1, -0.05) is 30.2 Å². The highest BCUT2D eigenvalue weighted by Gasteiger charge is 2.21. The zero-order valence-electron chi connectivity index (χ0n) is 14.2. The molecule has 5 N–H and O–H groups in total. The van der Waals surface area contributed by atoms with E-state index in [-0.39, 0.29) is 11.9 Å². The van der Waals surface area contributed by atoms with Crippen molar-refractivity contribution in [1.82, 2.24) is 10.6 Å². The maximum Gasteiger partial charge on any atom is 0.317 e. The van der Waals surface area contributed by atoms with Gasteiger partial charge in [-0.15, -0.1) is 11.3 Å². The normalized spacial score (nSPS) is 17.3. The highest BCUT2D eigenvalue weighted by molar-refractivity contribution is 7.20. The largest absolute Gasteiger partial charge is 0.351 e. The van der Waals surface area contributed by atoms with Crippen molar-refractivity contribution in [3.05, 3.63) is 40.9 Å². The van der Waals surface area contributed by atoms with Crippen LogP contribution in [0.25, 0.3) is 10.4 Å². The van der Waals surface area contributed by atoms with Gasteiger partial charge in [-0.05, 0) is 43.1 Å². The Hall–Kier alpha value is -2.09. The zero-order chi connectivity index (χ0) is 18.5. The molecule has 1 aliphatic heterocycles. The fourth-order valence-electron chi connectivity index (χ4n) is 2.93. The minimum Gasteiger partial charge on any atom is -0.351 e. The molecule has 1 saturated heterocycles. The van der Waals surface area contributed by atoms with Gasteiger partial charge in [0.25, 0.3) is 5.91 Å². The van der Waals surface area contributed by atoms with Crippen LogP contribution in [-0.4, -0.2) is 31.1 Å². The van der Waals surface area contributed by atoms with Crippen molar-refractivity contribution < 1.29 is 9.59 Å². The van der Waals surface area contributed by atoms with Crippen LogP contribution >= 0.6 is 22.9 Å². The number of benzene rings is 1. The predicted molar refractivity (Wildman–Crippen MR) is 106 cm³/mol. The van der Waals surface area contributed by atoms with Crippen molar-refractivity contribution in [1.29, 1.82) is 0 Å². The van der Waals surface area contributed by atoms with Crippen molar-refractivity contribution in [3.8, 4) is 10.4 Å². The Morgan fingerprint density at radius 1 is 1.23 bits per heavy atom. The molecule has 26 heavy (non-hydrogen) atoms. The van der Waals surface area contributed by atoms with E-state index < -0.39 is 6.03 Å². The second-order valence-corrected chi connectivity index (χ2v) is 7.71. The number of rotatable bonds is 4. The van der Waals surface area contributed by atoms with Gasteiger partial charge in [0.15, 0.2) is 0 Å². The van der Waals surface area contributed by atoms with Crippen LogP contribution in [0, 0.1) is 0 Å². The molecule has 1 aliphatic rings. The number of hydrogen-bond donors (Lipinski definition) is 4. The Morgan fingerprint density at radius 2 is 2.00 bits per heavy atom. The van der Waals surface area contributed by atoms with Crippen LogP contribution in [0.3, 0.4) is 0 Å². The average molecular weight is 393 g/mol. The highest BCUT2D eigenvalue weighted by Crippen LogP contribution is 2.36. The van der Waals surface area contributed by atoms with Gasteiger partial charge >= 0.3 is 6.03 Å². The third-order valence-corrected chi connectivity index (χ3v) is 5.58. The van der Waals surface area contributed by atoms with E-state index in [0.29, 0.717) is 15.6 Å². The molecule has 1 fully saturated rings. The van der Waals surface area contributed by atoms with Gasteiger partial charge in [-0.2, -0.15) is 0 Å². The third-order valence-electron chi connectivity index (χ3n) is 4.22. The summed E-state index contributed by atoms with van der Waals surface area (Å²) in [7, 11) is 0. The number of carbonyl (C=O) groups is 2. The topological polar surface area (TPSA) is 96.2 Å². The maximum atomic E-state index is 12.8. The quantitative estimate of drug-likeness (QED) is 0.641. The zero-order valence-corrected chi connectivity index (χ0v) is 15.8. The minimum absolute atomic E-state index is 0.0744. The van der Waals surface area contributed by atoms with Crippen LogP contribution in [0.4, 0.5) is 9.80 Å². The molecular formula is C18H21ClN4O2S. The highest BCUT2D eigenvalue weighted by atomic mass is 35.5. The Bertz CT molecular complexity index is 783. The molecule has 2 aromatic rings. The third kappa shape index (κ3) is 4.75. The van der Waals surface area contributed by atoms with Crippen molar-refractivity contribution in [3.63, 3.8) is 0 Å². The van der Waals surface area contributed by atoms with Crippen LogP contribution in [0.2, 0.25) is 5.02 Å². The molecule has 138 valence electrons.